The van der Waals surface area contributed by atoms with Gasteiger partial charge < -0.3 is 5.73 Å². The lowest BCUT2D eigenvalue weighted by atomic mass is 10.2. The van der Waals surface area contributed by atoms with Crippen LogP contribution in [0.5, 0.6) is 0 Å². The molecule has 0 aliphatic carbocycles. The molecular formula is C9H8BrClN4. The Bertz CT molecular complexity index is 520. The van der Waals surface area contributed by atoms with E-state index in [1.54, 1.807) is 0 Å². The van der Waals surface area contributed by atoms with E-state index in [9.17, 15) is 0 Å². The number of H-pyrrole nitrogens is 1. The van der Waals surface area contributed by atoms with Crippen molar-refractivity contribution in [3.8, 4) is 0 Å². The highest BCUT2D eigenvalue weighted by atomic mass is 79.9. The second-order valence-corrected chi connectivity index (χ2v) is 4.01. The van der Waals surface area contributed by atoms with Crippen molar-refractivity contribution in [2.45, 2.75) is 0 Å². The number of para-hydroxylation sites is 1. The topological polar surface area (TPSA) is 67.1 Å². The summed E-state index contributed by atoms with van der Waals surface area (Å²) in [6, 6.07) is 5.68. The summed E-state index contributed by atoms with van der Waals surface area (Å²) in [6.07, 6.45) is 0. The maximum absolute atomic E-state index is 5.57. The van der Waals surface area contributed by atoms with Gasteiger partial charge >= 0.3 is 0 Å². The predicted octanol–water partition coefficient (Wildman–Crippen LogP) is 2.55. The molecule has 78 valence electrons. The number of alkyl halides is 1. The zero-order valence-electron chi connectivity index (χ0n) is 7.67. The SMILES string of the molecule is NC(CCl)=Nc1cccc2c(Br)[nH]nc12. The van der Waals surface area contributed by atoms with Crippen molar-refractivity contribution in [2.75, 3.05) is 5.88 Å². The molecule has 0 aliphatic rings. The number of aromatic amines is 1. The Morgan fingerprint density at radius 2 is 2.40 bits per heavy atom. The van der Waals surface area contributed by atoms with Gasteiger partial charge in [-0.2, -0.15) is 5.10 Å². The average Bonchev–Trinajstić information content (AvgIpc) is 2.62. The molecule has 1 heterocycles. The summed E-state index contributed by atoms with van der Waals surface area (Å²) in [4.78, 5) is 4.18. The molecule has 0 radical (unpaired) electrons. The van der Waals surface area contributed by atoms with E-state index in [1.807, 2.05) is 18.2 Å². The highest BCUT2D eigenvalue weighted by molar-refractivity contribution is 9.10. The van der Waals surface area contributed by atoms with Crippen LogP contribution in [-0.4, -0.2) is 21.9 Å². The molecule has 6 heteroatoms. The van der Waals surface area contributed by atoms with Crippen molar-refractivity contribution in [3.05, 3.63) is 22.8 Å². The Kier molecular flexibility index (Phi) is 2.93. The first-order chi connectivity index (χ1) is 7.22. The van der Waals surface area contributed by atoms with Crippen LogP contribution in [-0.2, 0) is 0 Å². The lowest BCUT2D eigenvalue weighted by Gasteiger charge is -1.97. The van der Waals surface area contributed by atoms with Crippen LogP contribution in [0.1, 0.15) is 0 Å². The van der Waals surface area contributed by atoms with Crippen LogP contribution in [0.2, 0.25) is 0 Å². The summed E-state index contributed by atoms with van der Waals surface area (Å²) in [5.41, 5.74) is 7.06. The highest BCUT2D eigenvalue weighted by Gasteiger charge is 2.06. The maximum atomic E-state index is 5.57. The Morgan fingerprint density at radius 1 is 1.60 bits per heavy atom. The fraction of sp³-hybridized carbons (Fsp3) is 0.111. The number of nitrogens with two attached hydrogens (primary N) is 1. The Morgan fingerprint density at radius 3 is 3.13 bits per heavy atom. The van der Waals surface area contributed by atoms with Crippen molar-refractivity contribution in [3.63, 3.8) is 0 Å². The monoisotopic (exact) mass is 286 g/mol. The van der Waals surface area contributed by atoms with Gasteiger partial charge in [0.15, 0.2) is 0 Å². The van der Waals surface area contributed by atoms with Crippen molar-refractivity contribution < 1.29 is 0 Å². The smallest absolute Gasteiger partial charge is 0.119 e. The van der Waals surface area contributed by atoms with E-state index < -0.39 is 0 Å². The summed E-state index contributed by atoms with van der Waals surface area (Å²) < 4.78 is 0.832. The number of aliphatic imine (C=N–C) groups is 1. The molecule has 0 fully saturated rings. The summed E-state index contributed by atoms with van der Waals surface area (Å²) in [5.74, 6) is 0.588. The van der Waals surface area contributed by atoms with E-state index in [4.69, 9.17) is 17.3 Å². The molecule has 0 unspecified atom stereocenters. The van der Waals surface area contributed by atoms with Gasteiger partial charge in [0.1, 0.15) is 16.0 Å². The second kappa shape index (κ2) is 4.20. The fourth-order valence-corrected chi connectivity index (χ4v) is 1.73. The van der Waals surface area contributed by atoms with Gasteiger partial charge in [0.05, 0.1) is 11.6 Å². The number of nitrogens with one attached hydrogen (secondary N) is 1. The van der Waals surface area contributed by atoms with E-state index in [-0.39, 0.29) is 5.88 Å². The predicted molar refractivity (Wildman–Crippen MR) is 65.8 cm³/mol. The standard InChI is InChI=1S/C9H8BrClN4/c10-9-5-2-1-3-6(8(5)14-15-9)13-7(12)4-11/h1-3H,4H2,(H2,12,13)(H,14,15). The van der Waals surface area contributed by atoms with Crippen molar-refractivity contribution in [1.82, 2.24) is 10.2 Å². The molecule has 0 spiro atoms. The molecule has 2 aromatic rings. The molecular weight excluding hydrogens is 279 g/mol. The summed E-state index contributed by atoms with van der Waals surface area (Å²) in [5, 5.41) is 7.93. The van der Waals surface area contributed by atoms with Crippen LogP contribution in [0.4, 0.5) is 5.69 Å². The maximum Gasteiger partial charge on any atom is 0.119 e. The normalized spacial score (nSPS) is 12.3. The van der Waals surface area contributed by atoms with Gasteiger partial charge in [-0.1, -0.05) is 6.07 Å². The van der Waals surface area contributed by atoms with Gasteiger partial charge in [-0.05, 0) is 28.1 Å². The molecule has 3 N–H and O–H groups in total. The molecule has 1 aromatic heterocycles. The first-order valence-electron chi connectivity index (χ1n) is 4.24. The summed E-state index contributed by atoms with van der Waals surface area (Å²) in [7, 11) is 0. The van der Waals surface area contributed by atoms with E-state index in [2.05, 4.69) is 31.1 Å². The minimum absolute atomic E-state index is 0.210. The fourth-order valence-electron chi connectivity index (χ4n) is 1.27. The molecule has 0 atom stereocenters. The zero-order valence-corrected chi connectivity index (χ0v) is 10.0. The Balaban J connectivity index is 2.61. The number of benzene rings is 1. The first-order valence-corrected chi connectivity index (χ1v) is 5.56. The molecule has 15 heavy (non-hydrogen) atoms. The van der Waals surface area contributed by atoms with Gasteiger partial charge in [0, 0.05) is 5.39 Å². The first kappa shape index (κ1) is 10.4. The third kappa shape index (κ3) is 1.98. The van der Waals surface area contributed by atoms with Gasteiger partial charge in [0.2, 0.25) is 0 Å². The van der Waals surface area contributed by atoms with Crippen molar-refractivity contribution in [1.29, 1.82) is 0 Å². The molecule has 0 bridgehead atoms. The number of aromatic nitrogens is 2. The molecule has 1 aromatic carbocycles. The van der Waals surface area contributed by atoms with Gasteiger partial charge in [-0.3, -0.25) is 5.10 Å². The second-order valence-electron chi connectivity index (χ2n) is 2.95. The van der Waals surface area contributed by atoms with Gasteiger partial charge in [-0.25, -0.2) is 4.99 Å². The average molecular weight is 288 g/mol. The number of fused-ring (bicyclic) bond motifs is 1. The van der Waals surface area contributed by atoms with Crippen LogP contribution in [0.3, 0.4) is 0 Å². The Hall–Kier alpha value is -1.07. The number of amidine groups is 1. The number of nitrogens with zero attached hydrogens (tertiary/aromatic N) is 2. The molecule has 0 aliphatic heterocycles. The largest absolute Gasteiger partial charge is 0.386 e. The van der Waals surface area contributed by atoms with Crippen molar-refractivity contribution in [2.24, 2.45) is 10.7 Å². The van der Waals surface area contributed by atoms with Crippen molar-refractivity contribution >= 4 is 50.0 Å². The molecule has 4 nitrogen and oxygen atoms in total. The van der Waals surface area contributed by atoms with Gasteiger partial charge in [-0.15, -0.1) is 11.6 Å². The molecule has 0 saturated heterocycles. The molecule has 0 saturated carbocycles. The van der Waals surface area contributed by atoms with Crippen LogP contribution >= 0.6 is 27.5 Å². The van der Waals surface area contributed by atoms with Crippen LogP contribution in [0, 0.1) is 0 Å². The van der Waals surface area contributed by atoms with E-state index in [0.29, 0.717) is 11.5 Å². The van der Waals surface area contributed by atoms with E-state index in [1.165, 1.54) is 0 Å². The summed E-state index contributed by atoms with van der Waals surface area (Å²) >= 11 is 8.93. The number of hydrogen-bond donors (Lipinski definition) is 2. The van der Waals surface area contributed by atoms with E-state index >= 15 is 0 Å². The van der Waals surface area contributed by atoms with Crippen LogP contribution < -0.4 is 5.73 Å². The minimum Gasteiger partial charge on any atom is -0.386 e. The van der Waals surface area contributed by atoms with Crippen LogP contribution in [0.15, 0.2) is 27.8 Å². The Labute approximate surface area is 99.6 Å². The third-order valence-corrected chi connectivity index (χ3v) is 2.80. The highest BCUT2D eigenvalue weighted by Crippen LogP contribution is 2.28. The summed E-state index contributed by atoms with van der Waals surface area (Å²) in [6.45, 7) is 0. The lowest BCUT2D eigenvalue weighted by molar-refractivity contribution is 1.09. The molecule has 0 amide bonds. The minimum atomic E-state index is 0.210. The zero-order chi connectivity index (χ0) is 10.8. The lowest BCUT2D eigenvalue weighted by Crippen LogP contribution is -2.12. The van der Waals surface area contributed by atoms with E-state index in [0.717, 1.165) is 15.5 Å². The number of rotatable bonds is 2. The third-order valence-electron chi connectivity index (χ3n) is 1.92. The molecule has 2 rings (SSSR count). The quantitative estimate of drug-likeness (QED) is 0.506. The van der Waals surface area contributed by atoms with Gasteiger partial charge in [0.25, 0.3) is 0 Å². The number of hydrogen-bond acceptors (Lipinski definition) is 2. The number of halogens is 2. The van der Waals surface area contributed by atoms with Crippen LogP contribution in [0.25, 0.3) is 10.9 Å².